The highest BCUT2D eigenvalue weighted by atomic mass is 16.5. The highest BCUT2D eigenvalue weighted by Crippen LogP contribution is 2.20. The quantitative estimate of drug-likeness (QED) is 0.717. The molecule has 0 aromatic carbocycles. The van der Waals surface area contributed by atoms with Crippen molar-refractivity contribution in [3.8, 4) is 0 Å². The minimum Gasteiger partial charge on any atom is -0.378 e. The van der Waals surface area contributed by atoms with E-state index >= 15 is 0 Å². The van der Waals surface area contributed by atoms with E-state index in [2.05, 4.69) is 19.2 Å². The molecule has 0 aromatic rings. The molecule has 0 spiro atoms. The maximum atomic E-state index is 11.6. The molecule has 1 fully saturated rings. The van der Waals surface area contributed by atoms with Gasteiger partial charge in [-0.3, -0.25) is 4.79 Å². The fraction of sp³-hybridized carbons (Fsp3) is 0.900. The second-order valence-electron chi connectivity index (χ2n) is 4.11. The maximum Gasteiger partial charge on any atom is 0.225 e. The van der Waals surface area contributed by atoms with E-state index in [0.29, 0.717) is 5.92 Å². The highest BCUT2D eigenvalue weighted by Gasteiger charge is 2.30. The fourth-order valence-corrected chi connectivity index (χ4v) is 1.51. The third-order valence-corrected chi connectivity index (χ3v) is 2.40. The van der Waals surface area contributed by atoms with E-state index in [4.69, 9.17) is 4.74 Å². The highest BCUT2D eigenvalue weighted by molar-refractivity contribution is 5.79. The molecule has 0 bridgehead atoms. The van der Waals surface area contributed by atoms with Gasteiger partial charge in [0.05, 0.1) is 12.0 Å². The molecular formula is C10H19NO2. The number of hydrogen-bond donors (Lipinski definition) is 1. The van der Waals surface area contributed by atoms with Gasteiger partial charge in [-0.25, -0.2) is 0 Å². The first kappa shape index (κ1) is 10.5. The summed E-state index contributed by atoms with van der Waals surface area (Å²) in [4.78, 5) is 11.6. The molecule has 1 aliphatic rings. The minimum absolute atomic E-state index is 0.0683. The van der Waals surface area contributed by atoms with E-state index in [1.807, 2.05) is 6.92 Å². The van der Waals surface area contributed by atoms with Crippen LogP contribution in [0.2, 0.25) is 0 Å². The van der Waals surface area contributed by atoms with Crippen molar-refractivity contribution in [1.29, 1.82) is 0 Å². The smallest absolute Gasteiger partial charge is 0.225 e. The van der Waals surface area contributed by atoms with Crippen LogP contribution in [-0.2, 0) is 9.53 Å². The molecule has 0 aromatic heterocycles. The first-order valence-corrected chi connectivity index (χ1v) is 5.00. The second-order valence-corrected chi connectivity index (χ2v) is 4.11. The van der Waals surface area contributed by atoms with Gasteiger partial charge in [0.2, 0.25) is 5.91 Å². The Balaban J connectivity index is 2.30. The van der Waals surface area contributed by atoms with Gasteiger partial charge in [-0.15, -0.1) is 0 Å². The van der Waals surface area contributed by atoms with Gasteiger partial charge in [0.1, 0.15) is 0 Å². The lowest BCUT2D eigenvalue weighted by Crippen LogP contribution is -2.36. The third kappa shape index (κ3) is 2.99. The largest absolute Gasteiger partial charge is 0.378 e. The number of carbonyl (C=O) groups is 1. The van der Waals surface area contributed by atoms with E-state index in [9.17, 15) is 4.79 Å². The number of ether oxygens (including phenoxy) is 1. The van der Waals surface area contributed by atoms with Crippen molar-refractivity contribution in [3.63, 3.8) is 0 Å². The second kappa shape index (κ2) is 4.61. The summed E-state index contributed by atoms with van der Waals surface area (Å²) in [6.07, 6.45) is 0.956. The molecule has 1 N–H and O–H groups in total. The van der Waals surface area contributed by atoms with Crippen molar-refractivity contribution in [2.24, 2.45) is 11.8 Å². The van der Waals surface area contributed by atoms with Gasteiger partial charge in [0.15, 0.2) is 0 Å². The number of nitrogens with one attached hydrogen (secondary N) is 1. The molecule has 1 aliphatic heterocycles. The van der Waals surface area contributed by atoms with Crippen LogP contribution in [0.25, 0.3) is 0 Å². The molecule has 3 heteroatoms. The lowest BCUT2D eigenvalue weighted by atomic mass is 10.0. The van der Waals surface area contributed by atoms with Gasteiger partial charge in [0.25, 0.3) is 0 Å². The standard InChI is InChI=1S/C10H19NO2/c1-7(2)6-11-10(12)9-4-5-13-8(9)3/h7-9H,4-6H2,1-3H3,(H,11,12). The zero-order valence-electron chi connectivity index (χ0n) is 8.67. The summed E-state index contributed by atoms with van der Waals surface area (Å²) in [6.45, 7) is 7.64. The van der Waals surface area contributed by atoms with Gasteiger partial charge < -0.3 is 10.1 Å². The molecule has 76 valence electrons. The van der Waals surface area contributed by atoms with E-state index in [0.717, 1.165) is 19.6 Å². The summed E-state index contributed by atoms with van der Waals surface area (Å²) >= 11 is 0. The van der Waals surface area contributed by atoms with Crippen molar-refractivity contribution in [2.75, 3.05) is 13.2 Å². The van der Waals surface area contributed by atoms with Gasteiger partial charge in [-0.1, -0.05) is 13.8 Å². The molecule has 2 unspecified atom stereocenters. The average molecular weight is 185 g/mol. The van der Waals surface area contributed by atoms with Crippen molar-refractivity contribution < 1.29 is 9.53 Å². The maximum absolute atomic E-state index is 11.6. The number of rotatable bonds is 3. The first-order valence-electron chi connectivity index (χ1n) is 5.00. The summed E-state index contributed by atoms with van der Waals surface area (Å²) in [5.41, 5.74) is 0. The van der Waals surface area contributed by atoms with Gasteiger partial charge in [-0.2, -0.15) is 0 Å². The molecule has 1 heterocycles. The Labute approximate surface area is 79.8 Å². The van der Waals surface area contributed by atoms with Crippen molar-refractivity contribution in [2.45, 2.75) is 33.3 Å². The predicted octanol–water partition coefficient (Wildman–Crippen LogP) is 1.18. The Morgan fingerprint density at radius 3 is 2.77 bits per heavy atom. The summed E-state index contributed by atoms with van der Waals surface area (Å²) < 4.78 is 5.33. The molecule has 1 amide bonds. The topological polar surface area (TPSA) is 38.3 Å². The first-order chi connectivity index (χ1) is 6.11. The zero-order chi connectivity index (χ0) is 9.84. The summed E-state index contributed by atoms with van der Waals surface area (Å²) in [5, 5.41) is 2.94. The molecule has 1 rings (SSSR count). The van der Waals surface area contributed by atoms with E-state index in [1.165, 1.54) is 0 Å². The van der Waals surface area contributed by atoms with Crippen LogP contribution in [0.4, 0.5) is 0 Å². The van der Waals surface area contributed by atoms with Crippen LogP contribution in [-0.4, -0.2) is 25.2 Å². The molecule has 0 radical (unpaired) electrons. The van der Waals surface area contributed by atoms with E-state index < -0.39 is 0 Å². The molecule has 0 aliphatic carbocycles. The molecule has 13 heavy (non-hydrogen) atoms. The number of hydrogen-bond acceptors (Lipinski definition) is 2. The SMILES string of the molecule is CC(C)CNC(=O)C1CCOC1C. The average Bonchev–Trinajstić information content (AvgIpc) is 2.47. The summed E-state index contributed by atoms with van der Waals surface area (Å²) in [7, 11) is 0. The Kier molecular flexibility index (Phi) is 3.72. The Morgan fingerprint density at radius 1 is 1.62 bits per heavy atom. The lowest BCUT2D eigenvalue weighted by Gasteiger charge is -2.14. The van der Waals surface area contributed by atoms with Crippen LogP contribution in [0.1, 0.15) is 27.2 Å². The molecule has 0 saturated carbocycles. The zero-order valence-corrected chi connectivity index (χ0v) is 8.67. The van der Waals surface area contributed by atoms with Crippen LogP contribution in [0.5, 0.6) is 0 Å². The van der Waals surface area contributed by atoms with Gasteiger partial charge in [0, 0.05) is 13.2 Å². The van der Waals surface area contributed by atoms with Gasteiger partial charge in [-0.05, 0) is 19.3 Å². The Morgan fingerprint density at radius 2 is 2.31 bits per heavy atom. The Hall–Kier alpha value is -0.570. The van der Waals surface area contributed by atoms with Crippen molar-refractivity contribution >= 4 is 5.91 Å². The summed E-state index contributed by atoms with van der Waals surface area (Å²) in [6, 6.07) is 0. The van der Waals surface area contributed by atoms with Crippen LogP contribution in [0, 0.1) is 11.8 Å². The fourth-order valence-electron chi connectivity index (χ4n) is 1.51. The van der Waals surface area contributed by atoms with E-state index in [-0.39, 0.29) is 17.9 Å². The molecule has 2 atom stereocenters. The van der Waals surface area contributed by atoms with Gasteiger partial charge >= 0.3 is 0 Å². The number of amides is 1. The van der Waals surface area contributed by atoms with Crippen LogP contribution in [0.3, 0.4) is 0 Å². The van der Waals surface area contributed by atoms with Crippen LogP contribution >= 0.6 is 0 Å². The van der Waals surface area contributed by atoms with Crippen LogP contribution in [0.15, 0.2) is 0 Å². The normalized spacial score (nSPS) is 28.0. The number of carbonyl (C=O) groups excluding carboxylic acids is 1. The predicted molar refractivity (Wildman–Crippen MR) is 51.4 cm³/mol. The molecular weight excluding hydrogens is 166 g/mol. The molecule has 1 saturated heterocycles. The monoisotopic (exact) mass is 185 g/mol. The van der Waals surface area contributed by atoms with Crippen molar-refractivity contribution in [3.05, 3.63) is 0 Å². The lowest BCUT2D eigenvalue weighted by molar-refractivity contribution is -0.126. The summed E-state index contributed by atoms with van der Waals surface area (Å²) in [5.74, 6) is 0.735. The molecule has 3 nitrogen and oxygen atoms in total. The third-order valence-electron chi connectivity index (χ3n) is 2.40. The Bertz CT molecular complexity index is 180. The van der Waals surface area contributed by atoms with E-state index in [1.54, 1.807) is 0 Å². The van der Waals surface area contributed by atoms with Crippen molar-refractivity contribution in [1.82, 2.24) is 5.32 Å². The minimum atomic E-state index is 0.0683. The van der Waals surface area contributed by atoms with Crippen LogP contribution < -0.4 is 5.32 Å².